The molecule has 0 aliphatic rings. The van der Waals surface area contributed by atoms with Crippen molar-refractivity contribution >= 4 is 17.8 Å². The first kappa shape index (κ1) is 21.1. The highest BCUT2D eigenvalue weighted by atomic mass is 16.4. The van der Waals surface area contributed by atoms with E-state index in [1.165, 1.54) is 5.56 Å². The number of oxazole rings is 1. The van der Waals surface area contributed by atoms with Crippen molar-refractivity contribution in [1.82, 2.24) is 10.3 Å². The third-order valence-corrected chi connectivity index (χ3v) is 4.26. The van der Waals surface area contributed by atoms with Gasteiger partial charge < -0.3 is 19.9 Å². The number of carboxylic acid groups (broad SMARTS) is 2. The summed E-state index contributed by atoms with van der Waals surface area (Å²) in [4.78, 5) is 37.8. The molecule has 0 radical (unpaired) electrons. The fraction of sp³-hybridized carbons (Fsp3) is 0.400. The lowest BCUT2D eigenvalue weighted by Gasteiger charge is -2.13. The Hall–Kier alpha value is -3.16. The Kier molecular flexibility index (Phi) is 7.31. The summed E-state index contributed by atoms with van der Waals surface area (Å²) in [6, 6.07) is 6.72. The molecule has 28 heavy (non-hydrogen) atoms. The van der Waals surface area contributed by atoms with Crippen LogP contribution < -0.4 is 5.32 Å². The number of carboxylic acids is 2. The van der Waals surface area contributed by atoms with Crippen molar-refractivity contribution < 1.29 is 29.0 Å². The summed E-state index contributed by atoms with van der Waals surface area (Å²) in [6.45, 7) is 4.23. The summed E-state index contributed by atoms with van der Waals surface area (Å²) in [5, 5.41) is 20.0. The quantitative estimate of drug-likeness (QED) is 0.570. The number of hydrogen-bond acceptors (Lipinski definition) is 5. The molecular formula is C20H24N2O6. The standard InChI is InChI=1S/C20H24N2O6/c1-12(2)13-3-5-14(6-4-13)16-11-21-18(28-16)9-8-17(23)22-15(20(26)27)7-10-19(24)25/h3-6,11-12,15H,7-10H2,1-2H3,(H,22,23)(H,24,25)(H,26,27)/t15-/m0/s1. The van der Waals surface area contributed by atoms with Crippen LogP contribution in [0.2, 0.25) is 0 Å². The largest absolute Gasteiger partial charge is 0.481 e. The second-order valence-corrected chi connectivity index (χ2v) is 6.79. The number of carbonyl (C=O) groups is 3. The van der Waals surface area contributed by atoms with Crippen molar-refractivity contribution in [2.75, 3.05) is 0 Å². The monoisotopic (exact) mass is 388 g/mol. The van der Waals surface area contributed by atoms with Gasteiger partial charge >= 0.3 is 11.9 Å². The summed E-state index contributed by atoms with van der Waals surface area (Å²) < 4.78 is 5.67. The lowest BCUT2D eigenvalue weighted by Crippen LogP contribution is -2.41. The first-order chi connectivity index (χ1) is 13.3. The highest BCUT2D eigenvalue weighted by molar-refractivity contribution is 5.84. The van der Waals surface area contributed by atoms with Gasteiger partial charge in [-0.3, -0.25) is 9.59 Å². The van der Waals surface area contributed by atoms with E-state index in [1.807, 2.05) is 24.3 Å². The lowest BCUT2D eigenvalue weighted by atomic mass is 10.0. The fourth-order valence-corrected chi connectivity index (χ4v) is 2.60. The highest BCUT2D eigenvalue weighted by Crippen LogP contribution is 2.23. The molecule has 150 valence electrons. The molecular weight excluding hydrogens is 364 g/mol. The normalized spacial score (nSPS) is 12.0. The van der Waals surface area contributed by atoms with Gasteiger partial charge in [0.15, 0.2) is 11.7 Å². The van der Waals surface area contributed by atoms with E-state index in [9.17, 15) is 14.4 Å². The zero-order chi connectivity index (χ0) is 20.7. The molecule has 0 saturated carbocycles. The number of carbonyl (C=O) groups excluding carboxylic acids is 1. The Morgan fingerprint density at radius 3 is 2.36 bits per heavy atom. The van der Waals surface area contributed by atoms with Crippen molar-refractivity contribution in [2.45, 2.75) is 51.5 Å². The third-order valence-electron chi connectivity index (χ3n) is 4.26. The van der Waals surface area contributed by atoms with Crippen molar-refractivity contribution in [3.63, 3.8) is 0 Å². The van der Waals surface area contributed by atoms with Crippen LogP contribution >= 0.6 is 0 Å². The van der Waals surface area contributed by atoms with Crippen LogP contribution in [-0.2, 0) is 20.8 Å². The number of amides is 1. The molecule has 1 aromatic heterocycles. The first-order valence-electron chi connectivity index (χ1n) is 9.05. The van der Waals surface area contributed by atoms with Crippen LogP contribution in [0.5, 0.6) is 0 Å². The van der Waals surface area contributed by atoms with Crippen molar-refractivity contribution in [1.29, 1.82) is 0 Å². The number of benzene rings is 1. The molecule has 2 rings (SSSR count). The zero-order valence-corrected chi connectivity index (χ0v) is 15.8. The molecule has 0 aliphatic heterocycles. The van der Waals surface area contributed by atoms with Gasteiger partial charge in [0.25, 0.3) is 0 Å². The third kappa shape index (κ3) is 6.22. The average Bonchev–Trinajstić information content (AvgIpc) is 3.12. The number of hydrogen-bond donors (Lipinski definition) is 3. The predicted molar refractivity (Wildman–Crippen MR) is 101 cm³/mol. The van der Waals surface area contributed by atoms with Crippen LogP contribution in [0.25, 0.3) is 11.3 Å². The van der Waals surface area contributed by atoms with Crippen LogP contribution in [0.3, 0.4) is 0 Å². The van der Waals surface area contributed by atoms with Gasteiger partial charge in [0.2, 0.25) is 5.91 Å². The van der Waals surface area contributed by atoms with Crippen LogP contribution in [0.4, 0.5) is 0 Å². The molecule has 1 aromatic carbocycles. The number of aryl methyl sites for hydroxylation is 1. The fourth-order valence-electron chi connectivity index (χ4n) is 2.60. The summed E-state index contributed by atoms with van der Waals surface area (Å²) >= 11 is 0. The second kappa shape index (κ2) is 9.68. The smallest absolute Gasteiger partial charge is 0.326 e. The minimum Gasteiger partial charge on any atom is -0.481 e. The van der Waals surface area contributed by atoms with E-state index in [0.717, 1.165) is 5.56 Å². The molecule has 2 aromatic rings. The van der Waals surface area contributed by atoms with Gasteiger partial charge in [0.05, 0.1) is 6.20 Å². The van der Waals surface area contributed by atoms with Crippen LogP contribution in [0, 0.1) is 0 Å². The summed E-state index contributed by atoms with van der Waals surface area (Å²) in [6.07, 6.45) is 1.27. The molecule has 1 atom stereocenters. The molecule has 0 spiro atoms. The SMILES string of the molecule is CC(C)c1ccc(-c2cnc(CCC(=O)N[C@@H](CCC(=O)O)C(=O)O)o2)cc1. The number of aromatic nitrogens is 1. The Labute approximate surface area is 162 Å². The number of aliphatic carboxylic acids is 2. The topological polar surface area (TPSA) is 130 Å². The van der Waals surface area contributed by atoms with Crippen molar-refractivity contribution in [2.24, 2.45) is 0 Å². The molecule has 0 bridgehead atoms. The summed E-state index contributed by atoms with van der Waals surface area (Å²) in [5.74, 6) is -1.49. The molecule has 1 heterocycles. The zero-order valence-electron chi connectivity index (χ0n) is 15.8. The van der Waals surface area contributed by atoms with Gasteiger partial charge in [-0.15, -0.1) is 0 Å². The predicted octanol–water partition coefficient (Wildman–Crippen LogP) is 2.83. The minimum absolute atomic E-state index is 0.0108. The van der Waals surface area contributed by atoms with E-state index in [-0.39, 0.29) is 25.7 Å². The Balaban J connectivity index is 1.89. The maximum Gasteiger partial charge on any atom is 0.326 e. The van der Waals surface area contributed by atoms with E-state index in [4.69, 9.17) is 14.6 Å². The highest BCUT2D eigenvalue weighted by Gasteiger charge is 2.21. The minimum atomic E-state index is -1.27. The van der Waals surface area contributed by atoms with E-state index in [0.29, 0.717) is 17.6 Å². The summed E-state index contributed by atoms with van der Waals surface area (Å²) in [7, 11) is 0. The molecule has 0 saturated heterocycles. The van der Waals surface area contributed by atoms with Gasteiger partial charge in [-0.25, -0.2) is 9.78 Å². The molecule has 0 unspecified atom stereocenters. The Morgan fingerprint density at radius 1 is 1.11 bits per heavy atom. The number of nitrogens with zero attached hydrogens (tertiary/aromatic N) is 1. The average molecular weight is 388 g/mol. The van der Waals surface area contributed by atoms with Crippen molar-refractivity contribution in [3.8, 4) is 11.3 Å². The molecule has 8 heteroatoms. The molecule has 1 amide bonds. The van der Waals surface area contributed by atoms with Crippen LogP contribution in [0.1, 0.15) is 50.5 Å². The molecule has 0 fully saturated rings. The van der Waals surface area contributed by atoms with E-state index in [2.05, 4.69) is 24.1 Å². The van der Waals surface area contributed by atoms with Gasteiger partial charge in [-0.05, 0) is 17.9 Å². The van der Waals surface area contributed by atoms with Crippen LogP contribution in [-0.4, -0.2) is 39.1 Å². The van der Waals surface area contributed by atoms with Gasteiger partial charge in [0, 0.05) is 24.8 Å². The number of nitrogens with one attached hydrogen (secondary N) is 1. The first-order valence-corrected chi connectivity index (χ1v) is 9.05. The van der Waals surface area contributed by atoms with Gasteiger partial charge in [0.1, 0.15) is 6.04 Å². The Bertz CT molecular complexity index is 825. The van der Waals surface area contributed by atoms with E-state index in [1.54, 1.807) is 6.20 Å². The van der Waals surface area contributed by atoms with Crippen LogP contribution in [0.15, 0.2) is 34.9 Å². The second-order valence-electron chi connectivity index (χ2n) is 6.79. The molecule has 3 N–H and O–H groups in total. The molecule has 8 nitrogen and oxygen atoms in total. The van der Waals surface area contributed by atoms with Gasteiger partial charge in [-0.1, -0.05) is 38.1 Å². The van der Waals surface area contributed by atoms with E-state index < -0.39 is 23.9 Å². The van der Waals surface area contributed by atoms with Gasteiger partial charge in [-0.2, -0.15) is 0 Å². The Morgan fingerprint density at radius 2 is 1.79 bits per heavy atom. The molecule has 0 aliphatic carbocycles. The van der Waals surface area contributed by atoms with Crippen molar-refractivity contribution in [3.05, 3.63) is 41.9 Å². The van der Waals surface area contributed by atoms with E-state index >= 15 is 0 Å². The number of rotatable bonds is 10. The lowest BCUT2D eigenvalue weighted by molar-refractivity contribution is -0.143. The summed E-state index contributed by atoms with van der Waals surface area (Å²) in [5.41, 5.74) is 2.10. The maximum atomic E-state index is 12.0. The maximum absolute atomic E-state index is 12.0.